The number of anilines is 1. The number of methoxy groups -OCH3 is 1. The van der Waals surface area contributed by atoms with E-state index in [9.17, 15) is 4.39 Å². The number of fused-ring (bicyclic) bond motifs is 1. The molecule has 19 heavy (non-hydrogen) atoms. The molecular formula is C13H10FN3OS. The van der Waals surface area contributed by atoms with Crippen molar-refractivity contribution in [3.05, 3.63) is 35.5 Å². The van der Waals surface area contributed by atoms with Gasteiger partial charge in [0.15, 0.2) is 5.82 Å². The minimum atomic E-state index is -0.347. The number of aromatic nitrogens is 2. The fourth-order valence-electron chi connectivity index (χ4n) is 1.78. The lowest BCUT2D eigenvalue weighted by Gasteiger charge is -2.03. The quantitative estimate of drug-likeness (QED) is 0.780. The van der Waals surface area contributed by atoms with Gasteiger partial charge in [0.1, 0.15) is 17.4 Å². The van der Waals surface area contributed by atoms with Crippen LogP contribution in [0, 0.1) is 5.82 Å². The van der Waals surface area contributed by atoms with Gasteiger partial charge in [-0.25, -0.2) is 14.4 Å². The van der Waals surface area contributed by atoms with Crippen LogP contribution < -0.4 is 10.5 Å². The van der Waals surface area contributed by atoms with Gasteiger partial charge >= 0.3 is 0 Å². The van der Waals surface area contributed by atoms with Crippen LogP contribution in [0.2, 0.25) is 0 Å². The number of rotatable bonds is 2. The largest absolute Gasteiger partial charge is 0.496 e. The second-order valence-electron chi connectivity index (χ2n) is 3.94. The lowest BCUT2D eigenvalue weighted by molar-refractivity contribution is 0.417. The van der Waals surface area contributed by atoms with E-state index in [1.807, 2.05) is 11.4 Å². The Morgan fingerprint density at radius 2 is 2.11 bits per heavy atom. The molecule has 0 unspecified atom stereocenters. The van der Waals surface area contributed by atoms with Crippen molar-refractivity contribution in [2.24, 2.45) is 0 Å². The number of nitrogens with zero attached hydrogens (tertiary/aromatic N) is 2. The van der Waals surface area contributed by atoms with E-state index in [-0.39, 0.29) is 5.82 Å². The van der Waals surface area contributed by atoms with Crippen LogP contribution in [-0.4, -0.2) is 17.1 Å². The molecule has 6 heteroatoms. The molecule has 0 aliphatic heterocycles. The third-order valence-corrected chi connectivity index (χ3v) is 3.62. The SMILES string of the molecule is COc1csc(-c2nc(N)c3ccc(F)cc3n2)c1. The fourth-order valence-corrected chi connectivity index (χ4v) is 2.57. The summed E-state index contributed by atoms with van der Waals surface area (Å²) in [4.78, 5) is 9.41. The van der Waals surface area contributed by atoms with Gasteiger partial charge in [-0.2, -0.15) is 0 Å². The van der Waals surface area contributed by atoms with Crippen molar-refractivity contribution in [2.45, 2.75) is 0 Å². The number of thiophene rings is 1. The molecule has 0 radical (unpaired) electrons. The molecule has 0 aliphatic carbocycles. The molecular weight excluding hydrogens is 265 g/mol. The summed E-state index contributed by atoms with van der Waals surface area (Å²) in [5.41, 5.74) is 6.38. The summed E-state index contributed by atoms with van der Waals surface area (Å²) < 4.78 is 18.4. The van der Waals surface area contributed by atoms with Gasteiger partial charge in [0.2, 0.25) is 0 Å². The van der Waals surface area contributed by atoms with E-state index < -0.39 is 0 Å². The molecule has 0 amide bonds. The first kappa shape index (κ1) is 11.9. The number of nitrogen functional groups attached to an aromatic ring is 1. The van der Waals surface area contributed by atoms with Crippen LogP contribution in [0.1, 0.15) is 0 Å². The number of hydrogen-bond donors (Lipinski definition) is 1. The van der Waals surface area contributed by atoms with Gasteiger partial charge < -0.3 is 10.5 Å². The summed E-state index contributed by atoms with van der Waals surface area (Å²) in [6, 6.07) is 6.10. The third-order valence-electron chi connectivity index (χ3n) is 2.72. The lowest BCUT2D eigenvalue weighted by Crippen LogP contribution is -1.97. The summed E-state index contributed by atoms with van der Waals surface area (Å²) in [6.07, 6.45) is 0. The van der Waals surface area contributed by atoms with E-state index in [2.05, 4.69) is 9.97 Å². The second-order valence-corrected chi connectivity index (χ2v) is 4.86. The monoisotopic (exact) mass is 275 g/mol. The molecule has 0 saturated heterocycles. The molecule has 0 fully saturated rings. The molecule has 2 aromatic heterocycles. The Labute approximate surface area is 112 Å². The number of benzene rings is 1. The van der Waals surface area contributed by atoms with E-state index in [4.69, 9.17) is 10.5 Å². The highest BCUT2D eigenvalue weighted by atomic mass is 32.1. The molecule has 4 nitrogen and oxygen atoms in total. The second kappa shape index (κ2) is 4.47. The zero-order valence-corrected chi connectivity index (χ0v) is 10.9. The number of halogens is 1. The predicted octanol–water partition coefficient (Wildman–Crippen LogP) is 3.09. The number of ether oxygens (including phenoxy) is 1. The predicted molar refractivity (Wildman–Crippen MR) is 73.8 cm³/mol. The molecule has 96 valence electrons. The smallest absolute Gasteiger partial charge is 0.172 e. The molecule has 0 spiro atoms. The maximum Gasteiger partial charge on any atom is 0.172 e. The van der Waals surface area contributed by atoms with Crippen molar-refractivity contribution in [3.63, 3.8) is 0 Å². The molecule has 0 atom stereocenters. The summed E-state index contributed by atoms with van der Waals surface area (Å²) in [6.45, 7) is 0. The van der Waals surface area contributed by atoms with Crippen LogP contribution in [0.4, 0.5) is 10.2 Å². The molecule has 0 aliphatic rings. The maximum absolute atomic E-state index is 13.2. The maximum atomic E-state index is 13.2. The van der Waals surface area contributed by atoms with Gasteiger partial charge in [0.05, 0.1) is 17.5 Å². The molecule has 0 saturated carbocycles. The van der Waals surface area contributed by atoms with Gasteiger partial charge in [0, 0.05) is 22.9 Å². The Morgan fingerprint density at radius 3 is 2.84 bits per heavy atom. The average molecular weight is 275 g/mol. The summed E-state index contributed by atoms with van der Waals surface area (Å²) >= 11 is 1.45. The topological polar surface area (TPSA) is 61.0 Å². The van der Waals surface area contributed by atoms with Gasteiger partial charge in [-0.15, -0.1) is 11.3 Å². The Morgan fingerprint density at radius 1 is 1.26 bits per heavy atom. The van der Waals surface area contributed by atoms with Crippen LogP contribution in [0.3, 0.4) is 0 Å². The highest BCUT2D eigenvalue weighted by Gasteiger charge is 2.10. The summed E-state index contributed by atoms with van der Waals surface area (Å²) in [5.74, 6) is 1.21. The van der Waals surface area contributed by atoms with Crippen molar-refractivity contribution in [1.29, 1.82) is 0 Å². The summed E-state index contributed by atoms with van der Waals surface area (Å²) in [5, 5.41) is 2.50. The molecule has 3 rings (SSSR count). The van der Waals surface area contributed by atoms with Crippen molar-refractivity contribution in [3.8, 4) is 16.5 Å². The minimum Gasteiger partial charge on any atom is -0.496 e. The van der Waals surface area contributed by atoms with Gasteiger partial charge in [-0.1, -0.05) is 0 Å². The third kappa shape index (κ3) is 2.10. The van der Waals surface area contributed by atoms with Crippen LogP contribution >= 0.6 is 11.3 Å². The Balaban J connectivity index is 2.19. The van der Waals surface area contributed by atoms with E-state index in [1.165, 1.54) is 23.5 Å². The molecule has 3 aromatic rings. The molecule has 2 heterocycles. The van der Waals surface area contributed by atoms with Gasteiger partial charge in [-0.3, -0.25) is 0 Å². The minimum absolute atomic E-state index is 0.340. The Hall–Kier alpha value is -2.21. The van der Waals surface area contributed by atoms with Crippen molar-refractivity contribution in [2.75, 3.05) is 12.8 Å². The first-order chi connectivity index (χ1) is 9.17. The van der Waals surface area contributed by atoms with Crippen molar-refractivity contribution >= 4 is 28.1 Å². The van der Waals surface area contributed by atoms with E-state index in [0.717, 1.165) is 10.6 Å². The zero-order chi connectivity index (χ0) is 13.4. The normalized spacial score (nSPS) is 10.8. The zero-order valence-electron chi connectivity index (χ0n) is 10.1. The van der Waals surface area contributed by atoms with Crippen molar-refractivity contribution < 1.29 is 9.13 Å². The number of nitrogens with two attached hydrogens (primary N) is 1. The van der Waals surface area contributed by atoms with Crippen LogP contribution in [0.25, 0.3) is 21.6 Å². The Bertz CT molecular complexity index is 757. The van der Waals surface area contributed by atoms with Gasteiger partial charge in [-0.05, 0) is 12.1 Å². The highest BCUT2D eigenvalue weighted by molar-refractivity contribution is 7.13. The fraction of sp³-hybridized carbons (Fsp3) is 0.0769. The molecule has 1 aromatic carbocycles. The van der Waals surface area contributed by atoms with E-state index in [1.54, 1.807) is 13.2 Å². The Kier molecular flexibility index (Phi) is 2.79. The molecule has 2 N–H and O–H groups in total. The van der Waals surface area contributed by atoms with Crippen LogP contribution in [0.15, 0.2) is 29.6 Å². The first-order valence-corrected chi connectivity index (χ1v) is 6.41. The van der Waals surface area contributed by atoms with Crippen LogP contribution in [-0.2, 0) is 0 Å². The van der Waals surface area contributed by atoms with E-state index >= 15 is 0 Å². The highest BCUT2D eigenvalue weighted by Crippen LogP contribution is 2.31. The number of hydrogen-bond acceptors (Lipinski definition) is 5. The van der Waals surface area contributed by atoms with Gasteiger partial charge in [0.25, 0.3) is 0 Å². The lowest BCUT2D eigenvalue weighted by atomic mass is 10.2. The first-order valence-electron chi connectivity index (χ1n) is 5.53. The average Bonchev–Trinajstić information content (AvgIpc) is 2.86. The standard InChI is InChI=1S/C13H10FN3OS/c1-18-8-5-11(19-6-8)13-16-10-4-7(14)2-3-9(10)12(15)17-13/h2-6H,1H3,(H2,15,16,17). The van der Waals surface area contributed by atoms with Crippen LogP contribution in [0.5, 0.6) is 5.75 Å². The van der Waals surface area contributed by atoms with Crippen molar-refractivity contribution in [1.82, 2.24) is 9.97 Å². The summed E-state index contributed by atoms with van der Waals surface area (Å²) in [7, 11) is 1.59. The molecule has 0 bridgehead atoms. The van der Waals surface area contributed by atoms with E-state index in [0.29, 0.717) is 22.5 Å².